The highest BCUT2D eigenvalue weighted by atomic mass is 19.4. The van der Waals surface area contributed by atoms with Gasteiger partial charge in [0.1, 0.15) is 11.6 Å². The lowest BCUT2D eigenvalue weighted by Crippen LogP contribution is -2.38. The Kier molecular flexibility index (Phi) is 7.72. The number of hydrogen-bond donors (Lipinski definition) is 3. The van der Waals surface area contributed by atoms with Gasteiger partial charge in [-0.2, -0.15) is 18.3 Å². The number of aryl methyl sites for hydroxylation is 1. The Labute approximate surface area is 220 Å². The minimum Gasteiger partial charge on any atom is -0.347 e. The summed E-state index contributed by atoms with van der Waals surface area (Å²) in [5, 5.41) is 9.06. The summed E-state index contributed by atoms with van der Waals surface area (Å²) in [6.07, 6.45) is -2.19. The first-order valence-electron chi connectivity index (χ1n) is 11.6. The van der Waals surface area contributed by atoms with Crippen LogP contribution in [-0.4, -0.2) is 37.6 Å². The lowest BCUT2D eigenvalue weighted by Gasteiger charge is -2.16. The van der Waals surface area contributed by atoms with Gasteiger partial charge in [0.15, 0.2) is 0 Å². The molecule has 2 heterocycles. The Hall–Kier alpha value is -4.65. The van der Waals surface area contributed by atoms with Crippen molar-refractivity contribution in [2.75, 3.05) is 5.32 Å². The highest BCUT2D eigenvalue weighted by molar-refractivity contribution is 6.06. The first-order valence-corrected chi connectivity index (χ1v) is 11.6. The molecule has 9 nitrogen and oxygen atoms in total. The quantitative estimate of drug-likeness (QED) is 0.305. The fourth-order valence-corrected chi connectivity index (χ4v) is 3.68. The molecular weight excluding hydrogens is 518 g/mol. The number of aromatic nitrogens is 4. The van der Waals surface area contributed by atoms with Crippen LogP contribution < -0.4 is 16.4 Å². The van der Waals surface area contributed by atoms with Gasteiger partial charge < -0.3 is 16.4 Å². The normalized spacial score (nSPS) is 12.2. The Balaban J connectivity index is 1.72. The lowest BCUT2D eigenvalue weighted by molar-refractivity contribution is -0.137. The zero-order valence-corrected chi connectivity index (χ0v) is 20.8. The molecule has 0 aliphatic heterocycles. The van der Waals surface area contributed by atoms with Gasteiger partial charge in [-0.1, -0.05) is 30.3 Å². The molecule has 0 unspecified atom stereocenters. The van der Waals surface area contributed by atoms with E-state index < -0.39 is 46.5 Å². The molecule has 4 N–H and O–H groups in total. The number of carbonyl (C=O) groups excluding carboxylic acids is 2. The van der Waals surface area contributed by atoms with E-state index in [0.717, 1.165) is 6.07 Å². The second kappa shape index (κ2) is 11.0. The third kappa shape index (κ3) is 6.26. The number of amides is 2. The van der Waals surface area contributed by atoms with Crippen molar-refractivity contribution in [2.45, 2.75) is 25.7 Å². The molecule has 0 aliphatic carbocycles. The fraction of sp³-hybridized carbons (Fsp3) is 0.192. The number of hydrogen-bond acceptors (Lipinski definition) is 6. The number of anilines is 1. The van der Waals surface area contributed by atoms with Gasteiger partial charge in [-0.25, -0.2) is 14.4 Å². The predicted octanol–water partition coefficient (Wildman–Crippen LogP) is 3.92. The van der Waals surface area contributed by atoms with Crippen LogP contribution >= 0.6 is 0 Å². The summed E-state index contributed by atoms with van der Waals surface area (Å²) in [7, 11) is 1.52. The number of rotatable bonds is 7. The van der Waals surface area contributed by atoms with Gasteiger partial charge in [-0.05, 0) is 25.1 Å². The van der Waals surface area contributed by atoms with E-state index in [1.165, 1.54) is 37.1 Å². The van der Waals surface area contributed by atoms with Gasteiger partial charge >= 0.3 is 6.18 Å². The molecule has 2 amide bonds. The maximum Gasteiger partial charge on any atom is 0.417 e. The summed E-state index contributed by atoms with van der Waals surface area (Å²) in [6.45, 7) is 1.47. The van der Waals surface area contributed by atoms with Crippen molar-refractivity contribution >= 4 is 17.5 Å². The van der Waals surface area contributed by atoms with Gasteiger partial charge in [0, 0.05) is 24.4 Å². The second-order valence-electron chi connectivity index (χ2n) is 8.63. The van der Waals surface area contributed by atoms with E-state index in [1.54, 1.807) is 30.3 Å². The van der Waals surface area contributed by atoms with Crippen LogP contribution in [0, 0.1) is 5.82 Å². The van der Waals surface area contributed by atoms with E-state index >= 15 is 0 Å². The molecule has 13 heteroatoms. The van der Waals surface area contributed by atoms with E-state index in [9.17, 15) is 27.2 Å². The molecule has 0 spiro atoms. The molecular formula is C26H23F4N7O2. The van der Waals surface area contributed by atoms with E-state index in [0.29, 0.717) is 5.56 Å². The van der Waals surface area contributed by atoms with Crippen molar-refractivity contribution in [1.29, 1.82) is 0 Å². The van der Waals surface area contributed by atoms with Gasteiger partial charge in [-0.15, -0.1) is 0 Å². The average Bonchev–Trinajstić information content (AvgIpc) is 3.33. The maximum atomic E-state index is 14.9. The Morgan fingerprint density at radius 3 is 2.46 bits per heavy atom. The smallest absolute Gasteiger partial charge is 0.347 e. The van der Waals surface area contributed by atoms with Gasteiger partial charge in [0.05, 0.1) is 47.0 Å². The van der Waals surface area contributed by atoms with Crippen LogP contribution in [0.1, 0.15) is 28.7 Å². The summed E-state index contributed by atoms with van der Waals surface area (Å²) < 4.78 is 57.2. The minimum atomic E-state index is -4.88. The minimum absolute atomic E-state index is 0.0462. The summed E-state index contributed by atoms with van der Waals surface area (Å²) >= 11 is 0. The topological polar surface area (TPSA) is 128 Å². The number of benzene rings is 2. The standard InChI is InChI=1S/C26H23F4N7O2/c1-14(31)24(38)33-13-22-32-12-21(23(35-22)15-6-4-3-5-7-15)34-25(39)17-10-16(20-8-9-37(2)36-20)18(11-19(17)27)26(28,29)30/h3-12,14H,13,31H2,1-2H3,(H,33,38)(H,34,39)/t14-/m1/s1. The first kappa shape index (κ1) is 27.4. The van der Waals surface area contributed by atoms with Crippen molar-refractivity contribution in [2.24, 2.45) is 12.8 Å². The number of halogens is 4. The molecule has 2 aromatic heterocycles. The van der Waals surface area contributed by atoms with Crippen LogP contribution in [0.5, 0.6) is 0 Å². The van der Waals surface area contributed by atoms with Gasteiger partial charge in [0.25, 0.3) is 5.91 Å². The molecule has 1 atom stereocenters. The average molecular weight is 542 g/mol. The molecule has 202 valence electrons. The molecule has 0 radical (unpaired) electrons. The molecule has 0 bridgehead atoms. The summed E-state index contributed by atoms with van der Waals surface area (Å²) in [4.78, 5) is 33.6. The molecule has 4 rings (SSSR count). The molecule has 2 aromatic carbocycles. The number of alkyl halides is 3. The van der Waals surface area contributed by atoms with Crippen LogP contribution in [-0.2, 0) is 24.6 Å². The lowest BCUT2D eigenvalue weighted by atomic mass is 9.99. The Morgan fingerprint density at radius 2 is 1.85 bits per heavy atom. The van der Waals surface area contributed by atoms with E-state index in [-0.39, 0.29) is 35.5 Å². The maximum absolute atomic E-state index is 14.9. The van der Waals surface area contributed by atoms with Crippen LogP contribution in [0.25, 0.3) is 22.5 Å². The number of nitrogens with one attached hydrogen (secondary N) is 2. The zero-order chi connectivity index (χ0) is 28.3. The first-order chi connectivity index (χ1) is 18.4. The largest absolute Gasteiger partial charge is 0.417 e. The third-order valence-electron chi connectivity index (χ3n) is 5.62. The monoisotopic (exact) mass is 541 g/mol. The molecule has 0 saturated carbocycles. The van der Waals surface area contributed by atoms with Crippen LogP contribution in [0.3, 0.4) is 0 Å². The fourth-order valence-electron chi connectivity index (χ4n) is 3.68. The highest BCUT2D eigenvalue weighted by Gasteiger charge is 2.36. The van der Waals surface area contributed by atoms with Gasteiger partial charge in [-0.3, -0.25) is 14.3 Å². The van der Waals surface area contributed by atoms with Crippen molar-refractivity contribution in [3.05, 3.63) is 83.7 Å². The van der Waals surface area contributed by atoms with Crippen LogP contribution in [0.2, 0.25) is 0 Å². The third-order valence-corrected chi connectivity index (χ3v) is 5.62. The molecule has 39 heavy (non-hydrogen) atoms. The van der Waals surface area contributed by atoms with E-state index in [4.69, 9.17) is 5.73 Å². The van der Waals surface area contributed by atoms with E-state index in [2.05, 4.69) is 25.7 Å². The number of carbonyl (C=O) groups is 2. The Bertz CT molecular complexity index is 1520. The van der Waals surface area contributed by atoms with Gasteiger partial charge in [0.2, 0.25) is 5.91 Å². The van der Waals surface area contributed by atoms with Crippen LogP contribution in [0.4, 0.5) is 23.2 Å². The zero-order valence-electron chi connectivity index (χ0n) is 20.8. The van der Waals surface area contributed by atoms with Crippen molar-refractivity contribution in [3.63, 3.8) is 0 Å². The summed E-state index contributed by atoms with van der Waals surface area (Å²) in [5.74, 6) is -2.59. The molecule has 0 aliphatic rings. The van der Waals surface area contributed by atoms with E-state index in [1.807, 2.05) is 0 Å². The second-order valence-corrected chi connectivity index (χ2v) is 8.63. The molecule has 4 aromatic rings. The highest BCUT2D eigenvalue weighted by Crippen LogP contribution is 2.38. The van der Waals surface area contributed by atoms with Crippen molar-refractivity contribution in [3.8, 4) is 22.5 Å². The van der Waals surface area contributed by atoms with Crippen molar-refractivity contribution < 1.29 is 27.2 Å². The molecule has 0 saturated heterocycles. The summed E-state index contributed by atoms with van der Waals surface area (Å²) in [5.41, 5.74) is 4.03. The van der Waals surface area contributed by atoms with Crippen molar-refractivity contribution in [1.82, 2.24) is 25.1 Å². The number of nitrogens with zero attached hydrogens (tertiary/aromatic N) is 4. The predicted molar refractivity (Wildman–Crippen MR) is 135 cm³/mol. The summed E-state index contributed by atoms with van der Waals surface area (Å²) in [6, 6.07) is 10.3. The molecule has 0 fully saturated rings. The van der Waals surface area contributed by atoms with Crippen LogP contribution in [0.15, 0.2) is 60.9 Å². The SMILES string of the molecule is C[C@@H](N)C(=O)NCc1ncc(NC(=O)c2cc(-c3ccn(C)n3)c(C(F)(F)F)cc2F)c(-c2ccccc2)n1. The number of nitrogens with two attached hydrogens (primary N) is 1. The Morgan fingerprint density at radius 1 is 1.13 bits per heavy atom.